The van der Waals surface area contributed by atoms with Gasteiger partial charge in [-0.1, -0.05) is 17.7 Å². The number of rotatable bonds is 9. The second kappa shape index (κ2) is 9.83. The monoisotopic (exact) mass is 528 g/mol. The molecular formula is C23H25ClF4N6O2. The Hall–Kier alpha value is -2.96. The summed E-state index contributed by atoms with van der Waals surface area (Å²) in [6.45, 7) is 7.04. The van der Waals surface area contributed by atoms with Crippen molar-refractivity contribution in [3.05, 3.63) is 47.6 Å². The first kappa shape index (κ1) is 26.1. The van der Waals surface area contributed by atoms with Crippen molar-refractivity contribution in [2.24, 2.45) is 5.73 Å². The first-order valence-electron chi connectivity index (χ1n) is 11.1. The molecule has 0 bridgehead atoms. The molecule has 13 heteroatoms. The number of alkyl halides is 3. The highest BCUT2D eigenvalue weighted by Crippen LogP contribution is 2.42. The van der Waals surface area contributed by atoms with Crippen molar-refractivity contribution < 1.29 is 27.0 Å². The first-order valence-corrected chi connectivity index (χ1v) is 11.5. The molecular weight excluding hydrogens is 504 g/mol. The molecule has 0 radical (unpaired) electrons. The lowest BCUT2D eigenvalue weighted by Crippen LogP contribution is -2.58. The lowest BCUT2D eigenvalue weighted by Gasteiger charge is -2.37. The summed E-state index contributed by atoms with van der Waals surface area (Å²) in [5.41, 5.74) is 5.93. The summed E-state index contributed by atoms with van der Waals surface area (Å²) >= 11 is 6.45. The van der Waals surface area contributed by atoms with Crippen LogP contribution in [0.4, 0.5) is 23.4 Å². The number of hydrogen-bond donors (Lipinski definition) is 1. The third kappa shape index (κ3) is 4.97. The van der Waals surface area contributed by atoms with Crippen LogP contribution >= 0.6 is 11.6 Å². The standard InChI is InChI=1S/C23H25ClF4N6O2/c1-4-6-33(14(3)23(26,27)28)20-18(19(24)32-21-30-12-31-34(20)21)17-13(2)8-15(9-16(17)25)36-7-5-22(29)10-35-11-22/h4,8-9,12,14H,1,5-7,10-11,29H2,2-3H3. The maximum Gasteiger partial charge on any atom is 0.408 e. The zero-order chi connectivity index (χ0) is 26.3. The molecule has 1 atom stereocenters. The van der Waals surface area contributed by atoms with Gasteiger partial charge >= 0.3 is 6.18 Å². The summed E-state index contributed by atoms with van der Waals surface area (Å²) in [5.74, 6) is -0.646. The number of nitrogens with two attached hydrogens (primary N) is 1. The van der Waals surface area contributed by atoms with Crippen LogP contribution in [0.2, 0.25) is 5.15 Å². The van der Waals surface area contributed by atoms with Crippen molar-refractivity contribution >= 4 is 23.2 Å². The van der Waals surface area contributed by atoms with Gasteiger partial charge in [0, 0.05) is 24.6 Å². The maximum atomic E-state index is 15.6. The zero-order valence-electron chi connectivity index (χ0n) is 19.6. The Bertz CT molecular complexity index is 1250. The van der Waals surface area contributed by atoms with E-state index in [4.69, 9.17) is 26.8 Å². The van der Waals surface area contributed by atoms with Gasteiger partial charge in [0.05, 0.1) is 30.9 Å². The molecule has 0 aliphatic carbocycles. The summed E-state index contributed by atoms with van der Waals surface area (Å²) in [5, 5.41) is 3.82. The molecule has 1 aliphatic heterocycles. The van der Waals surface area contributed by atoms with Crippen LogP contribution in [-0.4, -0.2) is 63.7 Å². The van der Waals surface area contributed by atoms with Crippen LogP contribution in [0.3, 0.4) is 0 Å². The van der Waals surface area contributed by atoms with Crippen LogP contribution in [0.1, 0.15) is 18.9 Å². The Morgan fingerprint density at radius 3 is 2.67 bits per heavy atom. The number of fused-ring (bicyclic) bond motifs is 1. The molecule has 1 saturated heterocycles. The highest BCUT2D eigenvalue weighted by Gasteiger charge is 2.42. The van der Waals surface area contributed by atoms with Crippen LogP contribution in [0.25, 0.3) is 16.9 Å². The molecule has 0 spiro atoms. The highest BCUT2D eigenvalue weighted by atomic mass is 35.5. The fourth-order valence-electron chi connectivity index (χ4n) is 4.02. The second-order valence-electron chi connectivity index (χ2n) is 8.78. The smallest absolute Gasteiger partial charge is 0.408 e. The third-order valence-electron chi connectivity index (χ3n) is 6.06. The van der Waals surface area contributed by atoms with Gasteiger partial charge in [0.25, 0.3) is 5.78 Å². The van der Waals surface area contributed by atoms with Crippen molar-refractivity contribution in [3.8, 4) is 16.9 Å². The predicted molar refractivity (Wildman–Crippen MR) is 127 cm³/mol. The molecule has 1 aromatic carbocycles. The van der Waals surface area contributed by atoms with E-state index in [2.05, 4.69) is 21.6 Å². The van der Waals surface area contributed by atoms with Crippen molar-refractivity contribution in [3.63, 3.8) is 0 Å². The fraction of sp³-hybridized carbons (Fsp3) is 0.435. The van der Waals surface area contributed by atoms with E-state index in [0.29, 0.717) is 25.2 Å². The number of anilines is 1. The molecule has 3 aromatic rings. The Balaban J connectivity index is 1.81. The van der Waals surface area contributed by atoms with Gasteiger partial charge in [0.15, 0.2) is 0 Å². The van der Waals surface area contributed by atoms with E-state index in [0.717, 1.165) is 28.7 Å². The molecule has 3 heterocycles. The molecule has 2 N–H and O–H groups in total. The Labute approximate surface area is 209 Å². The minimum atomic E-state index is -4.61. The van der Waals surface area contributed by atoms with Crippen LogP contribution < -0.4 is 15.4 Å². The summed E-state index contributed by atoms with van der Waals surface area (Å²) in [6, 6.07) is 0.750. The third-order valence-corrected chi connectivity index (χ3v) is 6.33. The van der Waals surface area contributed by atoms with Gasteiger partial charge in [-0.3, -0.25) is 0 Å². The van der Waals surface area contributed by atoms with Crippen LogP contribution in [0.15, 0.2) is 31.1 Å². The van der Waals surface area contributed by atoms with E-state index < -0.39 is 23.6 Å². The lowest BCUT2D eigenvalue weighted by atomic mass is 9.95. The van der Waals surface area contributed by atoms with Gasteiger partial charge in [0.2, 0.25) is 0 Å². The summed E-state index contributed by atoms with van der Waals surface area (Å²) in [6.07, 6.45) is -1.65. The quantitative estimate of drug-likeness (QED) is 0.251. The topological polar surface area (TPSA) is 90.8 Å². The normalized spacial score (nSPS) is 16.0. The molecule has 36 heavy (non-hydrogen) atoms. The van der Waals surface area contributed by atoms with Crippen LogP contribution in [0.5, 0.6) is 5.75 Å². The SMILES string of the molecule is C=CCN(c1c(-c2c(C)cc(OCCC3(N)COC3)cc2F)c(Cl)nc2ncnn12)C(C)C(F)(F)F. The number of benzene rings is 1. The minimum absolute atomic E-state index is 0.0293. The molecule has 0 amide bonds. The van der Waals surface area contributed by atoms with E-state index in [1.54, 1.807) is 13.0 Å². The number of nitrogens with zero attached hydrogens (tertiary/aromatic N) is 5. The van der Waals surface area contributed by atoms with E-state index in [9.17, 15) is 13.2 Å². The second-order valence-corrected chi connectivity index (χ2v) is 9.14. The van der Waals surface area contributed by atoms with E-state index >= 15 is 4.39 Å². The van der Waals surface area contributed by atoms with Crippen molar-refractivity contribution in [1.82, 2.24) is 19.6 Å². The molecule has 194 valence electrons. The zero-order valence-corrected chi connectivity index (χ0v) is 20.4. The highest BCUT2D eigenvalue weighted by molar-refractivity contribution is 6.33. The van der Waals surface area contributed by atoms with Gasteiger partial charge in [-0.15, -0.1) is 6.58 Å². The molecule has 8 nitrogen and oxygen atoms in total. The van der Waals surface area contributed by atoms with Crippen LogP contribution in [-0.2, 0) is 4.74 Å². The van der Waals surface area contributed by atoms with Gasteiger partial charge < -0.3 is 20.1 Å². The number of halogens is 5. The first-order chi connectivity index (χ1) is 16.9. The summed E-state index contributed by atoms with van der Waals surface area (Å²) in [4.78, 5) is 9.07. The van der Waals surface area contributed by atoms with Crippen molar-refractivity contribution in [2.45, 2.75) is 38.0 Å². The molecule has 1 aliphatic rings. The average Bonchev–Trinajstić information content (AvgIpc) is 3.23. The van der Waals surface area contributed by atoms with E-state index in [1.807, 2.05) is 0 Å². The maximum absolute atomic E-state index is 15.6. The van der Waals surface area contributed by atoms with Gasteiger partial charge in [0.1, 0.15) is 34.9 Å². The largest absolute Gasteiger partial charge is 0.493 e. The molecule has 2 aromatic heterocycles. The van der Waals surface area contributed by atoms with Crippen molar-refractivity contribution in [2.75, 3.05) is 31.3 Å². The van der Waals surface area contributed by atoms with Crippen LogP contribution in [0, 0.1) is 12.7 Å². The van der Waals surface area contributed by atoms with Gasteiger partial charge in [-0.25, -0.2) is 4.39 Å². The molecule has 0 saturated carbocycles. The predicted octanol–water partition coefficient (Wildman–Crippen LogP) is 4.33. The molecule has 4 rings (SSSR count). The van der Waals surface area contributed by atoms with E-state index in [1.165, 1.54) is 6.08 Å². The number of hydrogen-bond acceptors (Lipinski definition) is 7. The Morgan fingerprint density at radius 2 is 2.08 bits per heavy atom. The van der Waals surface area contributed by atoms with E-state index in [-0.39, 0.29) is 46.8 Å². The summed E-state index contributed by atoms with van der Waals surface area (Å²) < 4.78 is 69.0. The van der Waals surface area contributed by atoms with Gasteiger partial charge in [-0.05, 0) is 25.5 Å². The number of aromatic nitrogens is 4. The fourth-order valence-corrected chi connectivity index (χ4v) is 4.27. The van der Waals surface area contributed by atoms with Gasteiger partial charge in [-0.2, -0.15) is 32.8 Å². The number of ether oxygens (including phenoxy) is 2. The van der Waals surface area contributed by atoms with Crippen molar-refractivity contribution in [1.29, 1.82) is 0 Å². The Morgan fingerprint density at radius 1 is 1.36 bits per heavy atom. The number of aryl methyl sites for hydroxylation is 1. The molecule has 1 fully saturated rings. The minimum Gasteiger partial charge on any atom is -0.493 e. The Kier molecular flexibility index (Phi) is 7.13. The lowest BCUT2D eigenvalue weighted by molar-refractivity contribution is -0.144. The molecule has 1 unspecified atom stereocenters. The summed E-state index contributed by atoms with van der Waals surface area (Å²) in [7, 11) is 0. The average molecular weight is 529 g/mol.